The van der Waals surface area contributed by atoms with Crippen molar-refractivity contribution >= 4 is 11.6 Å². The van der Waals surface area contributed by atoms with Crippen molar-refractivity contribution in [2.75, 3.05) is 5.73 Å². The van der Waals surface area contributed by atoms with E-state index >= 15 is 0 Å². The second-order valence-electron chi connectivity index (χ2n) is 5.21. The van der Waals surface area contributed by atoms with Crippen molar-refractivity contribution < 1.29 is 4.79 Å². The molecule has 0 aliphatic heterocycles. The first kappa shape index (κ1) is 17.0. The van der Waals surface area contributed by atoms with Gasteiger partial charge in [0.15, 0.2) is 0 Å². The lowest BCUT2D eigenvalue weighted by Crippen LogP contribution is -2.45. The Balaban J connectivity index is 3.00. The summed E-state index contributed by atoms with van der Waals surface area (Å²) in [5.41, 5.74) is 4.47. The summed E-state index contributed by atoms with van der Waals surface area (Å²) in [5.74, 6) is -0.358. The fraction of sp³-hybridized carbons (Fsp3) is 0.643. The molecule has 0 fully saturated rings. The molecule has 1 rings (SSSR count). The molecule has 0 bridgehead atoms. The number of aromatic nitrogens is 2. The number of nitrogens with one attached hydrogen (secondary N) is 1. The summed E-state index contributed by atoms with van der Waals surface area (Å²) in [6.07, 6.45) is 3.86. The van der Waals surface area contributed by atoms with E-state index in [0.29, 0.717) is 6.54 Å². The molecule has 7 nitrogen and oxygen atoms in total. The van der Waals surface area contributed by atoms with Crippen LogP contribution in [0, 0.1) is 0 Å². The summed E-state index contributed by atoms with van der Waals surface area (Å²) >= 11 is 0. The minimum absolute atomic E-state index is 0.0112. The van der Waals surface area contributed by atoms with Crippen LogP contribution in [0.4, 0.5) is 5.69 Å². The van der Waals surface area contributed by atoms with Gasteiger partial charge in [0.2, 0.25) is 5.91 Å². The molecule has 0 aliphatic rings. The predicted molar refractivity (Wildman–Crippen MR) is 82.2 cm³/mol. The first-order valence-electron chi connectivity index (χ1n) is 7.29. The average Bonchev–Trinajstić information content (AvgIpc) is 2.41. The molecular formula is C14H24N4O3. The van der Waals surface area contributed by atoms with Crippen LogP contribution in [0.15, 0.2) is 15.8 Å². The topological polar surface area (TPSA) is 99.1 Å². The first-order valence-corrected chi connectivity index (χ1v) is 7.29. The number of anilines is 1. The van der Waals surface area contributed by atoms with Crippen LogP contribution in [0.2, 0.25) is 0 Å². The molecule has 0 aromatic carbocycles. The molecule has 1 unspecified atom stereocenters. The molecule has 21 heavy (non-hydrogen) atoms. The van der Waals surface area contributed by atoms with Gasteiger partial charge in [-0.3, -0.25) is 14.2 Å². The van der Waals surface area contributed by atoms with E-state index < -0.39 is 11.2 Å². The maximum atomic E-state index is 12.2. The van der Waals surface area contributed by atoms with E-state index in [1.165, 1.54) is 10.8 Å². The second kappa shape index (κ2) is 7.66. The van der Waals surface area contributed by atoms with Gasteiger partial charge in [0, 0.05) is 18.8 Å². The van der Waals surface area contributed by atoms with E-state index in [9.17, 15) is 14.4 Å². The Bertz CT molecular complexity index is 603. The lowest BCUT2D eigenvalue weighted by Gasteiger charge is -2.14. The molecule has 0 spiro atoms. The highest BCUT2D eigenvalue weighted by atomic mass is 16.2. The number of aryl methyl sites for hydroxylation is 1. The van der Waals surface area contributed by atoms with Crippen LogP contribution in [0.25, 0.3) is 0 Å². The normalized spacial score (nSPS) is 12.1. The highest BCUT2D eigenvalue weighted by Crippen LogP contribution is 1.95. The lowest BCUT2D eigenvalue weighted by atomic mass is 10.2. The maximum absolute atomic E-state index is 12.2. The van der Waals surface area contributed by atoms with Gasteiger partial charge in [-0.1, -0.05) is 20.3 Å². The molecule has 1 atom stereocenters. The maximum Gasteiger partial charge on any atom is 0.331 e. The Morgan fingerprint density at radius 1 is 1.33 bits per heavy atom. The predicted octanol–water partition coefficient (Wildman–Crippen LogP) is 0.307. The van der Waals surface area contributed by atoms with E-state index in [2.05, 4.69) is 5.32 Å². The van der Waals surface area contributed by atoms with E-state index in [1.54, 1.807) is 0 Å². The SMILES string of the molecule is CCCC(C)NC(=O)Cn1c(=O)c(N)cn(CCC)c1=O. The minimum Gasteiger partial charge on any atom is -0.393 e. The van der Waals surface area contributed by atoms with Gasteiger partial charge in [-0.2, -0.15) is 0 Å². The van der Waals surface area contributed by atoms with Crippen molar-refractivity contribution in [3.63, 3.8) is 0 Å². The summed E-state index contributed by atoms with van der Waals surface area (Å²) in [6, 6.07) is 0.0112. The zero-order chi connectivity index (χ0) is 16.0. The van der Waals surface area contributed by atoms with Crippen LogP contribution >= 0.6 is 0 Å². The first-order chi connectivity index (χ1) is 9.90. The second-order valence-corrected chi connectivity index (χ2v) is 5.21. The summed E-state index contributed by atoms with van der Waals surface area (Å²) in [7, 11) is 0. The van der Waals surface area contributed by atoms with E-state index in [4.69, 9.17) is 5.73 Å². The smallest absolute Gasteiger partial charge is 0.331 e. The largest absolute Gasteiger partial charge is 0.393 e. The number of nitrogens with two attached hydrogens (primary N) is 1. The van der Waals surface area contributed by atoms with Crippen molar-refractivity contribution in [3.05, 3.63) is 27.0 Å². The molecule has 0 aliphatic carbocycles. The highest BCUT2D eigenvalue weighted by Gasteiger charge is 2.14. The Hall–Kier alpha value is -2.05. The van der Waals surface area contributed by atoms with Gasteiger partial charge in [-0.25, -0.2) is 9.36 Å². The molecule has 1 aromatic heterocycles. The number of carbonyl (C=O) groups excluding carboxylic acids is 1. The zero-order valence-corrected chi connectivity index (χ0v) is 12.9. The highest BCUT2D eigenvalue weighted by molar-refractivity contribution is 5.76. The molecule has 3 N–H and O–H groups in total. The van der Waals surface area contributed by atoms with Crippen molar-refractivity contribution in [2.24, 2.45) is 0 Å². The molecular weight excluding hydrogens is 272 g/mol. The number of hydrogen-bond acceptors (Lipinski definition) is 4. The van der Waals surface area contributed by atoms with Crippen molar-refractivity contribution in [3.8, 4) is 0 Å². The van der Waals surface area contributed by atoms with Crippen molar-refractivity contribution in [1.82, 2.24) is 14.5 Å². The van der Waals surface area contributed by atoms with Crippen molar-refractivity contribution in [2.45, 2.75) is 59.2 Å². The van der Waals surface area contributed by atoms with Crippen LogP contribution in [-0.2, 0) is 17.9 Å². The summed E-state index contributed by atoms with van der Waals surface area (Å²) < 4.78 is 2.25. The summed E-state index contributed by atoms with van der Waals surface area (Å²) in [4.78, 5) is 36.0. The van der Waals surface area contributed by atoms with E-state index in [-0.39, 0.29) is 24.2 Å². The number of nitrogen functional groups attached to an aromatic ring is 1. The number of carbonyl (C=O) groups is 1. The zero-order valence-electron chi connectivity index (χ0n) is 12.9. The fourth-order valence-electron chi connectivity index (χ4n) is 2.19. The molecule has 118 valence electrons. The molecule has 7 heteroatoms. The van der Waals surface area contributed by atoms with E-state index in [1.807, 2.05) is 20.8 Å². The van der Waals surface area contributed by atoms with Gasteiger partial charge in [0.05, 0.1) is 0 Å². The lowest BCUT2D eigenvalue weighted by molar-refractivity contribution is -0.122. The number of hydrogen-bond donors (Lipinski definition) is 2. The molecule has 1 heterocycles. The number of nitrogens with zero attached hydrogens (tertiary/aromatic N) is 2. The molecule has 0 saturated heterocycles. The Labute approximate surface area is 123 Å². The van der Waals surface area contributed by atoms with Gasteiger partial charge in [0.25, 0.3) is 5.56 Å². The Morgan fingerprint density at radius 2 is 2.00 bits per heavy atom. The Morgan fingerprint density at radius 3 is 2.57 bits per heavy atom. The van der Waals surface area contributed by atoms with Gasteiger partial charge in [0.1, 0.15) is 12.2 Å². The van der Waals surface area contributed by atoms with Crippen LogP contribution in [-0.4, -0.2) is 21.1 Å². The van der Waals surface area contributed by atoms with Crippen LogP contribution in [0.5, 0.6) is 0 Å². The van der Waals surface area contributed by atoms with E-state index in [0.717, 1.165) is 23.8 Å². The van der Waals surface area contributed by atoms with Crippen LogP contribution < -0.4 is 22.3 Å². The molecule has 0 saturated carbocycles. The van der Waals surface area contributed by atoms with Gasteiger partial charge >= 0.3 is 5.69 Å². The quantitative estimate of drug-likeness (QED) is 0.756. The molecule has 1 amide bonds. The fourth-order valence-corrected chi connectivity index (χ4v) is 2.19. The number of rotatable bonds is 7. The third kappa shape index (κ3) is 4.47. The third-order valence-electron chi connectivity index (χ3n) is 3.16. The standard InChI is InChI=1S/C14H24N4O3/c1-4-6-10(3)16-12(19)9-18-13(20)11(15)8-17(7-5-2)14(18)21/h8,10H,4-7,9,15H2,1-3H3,(H,16,19). The van der Waals surface area contributed by atoms with Gasteiger partial charge < -0.3 is 11.1 Å². The molecule has 1 aromatic rings. The van der Waals surface area contributed by atoms with Gasteiger partial charge in [-0.05, 0) is 19.8 Å². The number of amides is 1. The van der Waals surface area contributed by atoms with Crippen molar-refractivity contribution in [1.29, 1.82) is 0 Å². The summed E-state index contributed by atoms with van der Waals surface area (Å²) in [5, 5.41) is 2.77. The summed E-state index contributed by atoms with van der Waals surface area (Å²) in [6.45, 7) is 5.97. The minimum atomic E-state index is -0.620. The monoisotopic (exact) mass is 296 g/mol. The molecule has 0 radical (unpaired) electrons. The third-order valence-corrected chi connectivity index (χ3v) is 3.16. The Kier molecular flexibility index (Phi) is 6.20. The van der Waals surface area contributed by atoms with Crippen LogP contribution in [0.3, 0.4) is 0 Å². The average molecular weight is 296 g/mol. The van der Waals surface area contributed by atoms with Gasteiger partial charge in [-0.15, -0.1) is 0 Å². The van der Waals surface area contributed by atoms with Crippen LogP contribution in [0.1, 0.15) is 40.0 Å².